The zero-order valence-corrected chi connectivity index (χ0v) is 16.2. The third-order valence-electron chi connectivity index (χ3n) is 4.96. The molecule has 140 valence electrons. The van der Waals surface area contributed by atoms with E-state index in [2.05, 4.69) is 27.6 Å². The van der Waals surface area contributed by atoms with Crippen molar-refractivity contribution in [3.63, 3.8) is 0 Å². The molecule has 0 aliphatic carbocycles. The van der Waals surface area contributed by atoms with Crippen molar-refractivity contribution >= 4 is 11.9 Å². The van der Waals surface area contributed by atoms with Crippen LogP contribution < -0.4 is 10.1 Å². The zero-order chi connectivity index (χ0) is 17.7. The van der Waals surface area contributed by atoms with Crippen molar-refractivity contribution in [2.24, 2.45) is 0 Å². The van der Waals surface area contributed by atoms with Crippen molar-refractivity contribution in [1.29, 1.82) is 0 Å². The van der Waals surface area contributed by atoms with Gasteiger partial charge < -0.3 is 19.5 Å². The summed E-state index contributed by atoms with van der Waals surface area (Å²) in [6.45, 7) is 6.55. The van der Waals surface area contributed by atoms with Gasteiger partial charge in [-0.3, -0.25) is 0 Å². The number of nitrogens with one attached hydrogen (secondary N) is 1. The van der Waals surface area contributed by atoms with E-state index in [9.17, 15) is 0 Å². The molecule has 1 unspecified atom stereocenters. The van der Waals surface area contributed by atoms with Crippen molar-refractivity contribution in [2.45, 2.75) is 42.7 Å². The van der Waals surface area contributed by atoms with Crippen LogP contribution in [0.1, 0.15) is 24.8 Å². The van der Waals surface area contributed by atoms with Crippen LogP contribution in [0.15, 0.2) is 17.2 Å². The van der Waals surface area contributed by atoms with Gasteiger partial charge in [-0.25, -0.2) is 9.29 Å². The summed E-state index contributed by atoms with van der Waals surface area (Å²) in [5, 5.41) is 3.53. The molecule has 2 aliphatic heterocycles. The molecule has 0 aromatic carbocycles. The summed E-state index contributed by atoms with van der Waals surface area (Å²) in [6.07, 6.45) is 5.09. The van der Waals surface area contributed by atoms with Crippen LogP contribution in [0.2, 0.25) is 0 Å². The normalized spacial score (nSPS) is 23.2. The van der Waals surface area contributed by atoms with Crippen LogP contribution in [0.3, 0.4) is 0 Å². The quantitative estimate of drug-likeness (QED) is 0.586. The van der Waals surface area contributed by atoms with E-state index < -0.39 is 0 Å². The van der Waals surface area contributed by atoms with Crippen LogP contribution in [0.5, 0.6) is 5.88 Å². The Morgan fingerprint density at radius 1 is 1.40 bits per heavy atom. The lowest BCUT2D eigenvalue weighted by atomic mass is 9.88. The molecule has 1 aromatic rings. The van der Waals surface area contributed by atoms with E-state index in [1.165, 1.54) is 0 Å². The largest absolute Gasteiger partial charge is 0.480 e. The summed E-state index contributed by atoms with van der Waals surface area (Å²) in [7, 11) is 3.41. The second-order valence-electron chi connectivity index (χ2n) is 6.88. The first-order valence-corrected chi connectivity index (χ1v) is 9.71. The molecule has 0 bridgehead atoms. The van der Waals surface area contributed by atoms with E-state index in [1.54, 1.807) is 26.2 Å². The van der Waals surface area contributed by atoms with Gasteiger partial charge in [0.05, 0.1) is 30.8 Å². The molecule has 1 spiro atoms. The third kappa shape index (κ3) is 4.86. The number of aryl methyl sites for hydroxylation is 1. The van der Waals surface area contributed by atoms with Crippen molar-refractivity contribution in [3.8, 4) is 5.88 Å². The molecule has 0 amide bonds. The second-order valence-corrected chi connectivity index (χ2v) is 8.02. The molecule has 6 nitrogen and oxygen atoms in total. The maximum absolute atomic E-state index is 6.21. The van der Waals surface area contributed by atoms with Gasteiger partial charge in [0.15, 0.2) is 0 Å². The Morgan fingerprint density at radius 2 is 2.20 bits per heavy atom. The molecule has 1 N–H and O–H groups in total. The highest BCUT2D eigenvalue weighted by Gasteiger charge is 2.42. The SMILES string of the molecule is COCCNC1COC2(CCN(Sc3cc(C)cnc3OC)CC2)C1. The van der Waals surface area contributed by atoms with E-state index in [4.69, 9.17) is 14.2 Å². The standard InChI is InChI=1S/C18H29N3O3S/c1-14-10-16(17(23-3)20-12-14)25-21-7-4-18(5-8-21)11-15(13-24-18)19-6-9-22-2/h10,12,15,19H,4-9,11,13H2,1-3H3. The van der Waals surface area contributed by atoms with Crippen molar-refractivity contribution in [3.05, 3.63) is 17.8 Å². The van der Waals surface area contributed by atoms with Gasteiger partial charge in [0.25, 0.3) is 0 Å². The number of piperidine rings is 1. The summed E-state index contributed by atoms with van der Waals surface area (Å²) < 4.78 is 19.1. The van der Waals surface area contributed by atoms with E-state index in [1.807, 2.05) is 6.20 Å². The smallest absolute Gasteiger partial charge is 0.228 e. The number of hydrogen-bond acceptors (Lipinski definition) is 7. The van der Waals surface area contributed by atoms with E-state index in [0.717, 1.165) is 62.6 Å². The van der Waals surface area contributed by atoms with Crippen LogP contribution in [-0.2, 0) is 9.47 Å². The Kier molecular flexibility index (Phi) is 6.57. The average Bonchev–Trinajstić information content (AvgIpc) is 3.00. The van der Waals surface area contributed by atoms with Gasteiger partial charge in [0.1, 0.15) is 0 Å². The Hall–Kier alpha value is -0.860. The van der Waals surface area contributed by atoms with E-state index in [0.29, 0.717) is 11.9 Å². The molecule has 2 fully saturated rings. The first kappa shape index (κ1) is 18.9. The molecule has 3 heterocycles. The van der Waals surface area contributed by atoms with E-state index in [-0.39, 0.29) is 5.60 Å². The molecule has 0 radical (unpaired) electrons. The van der Waals surface area contributed by atoms with Gasteiger partial charge in [-0.1, -0.05) is 0 Å². The minimum absolute atomic E-state index is 0.0523. The molecule has 2 aliphatic rings. The predicted octanol–water partition coefficient (Wildman–Crippen LogP) is 2.27. The van der Waals surface area contributed by atoms with Gasteiger partial charge in [-0.2, -0.15) is 0 Å². The number of rotatable bonds is 7. The molecule has 1 aromatic heterocycles. The Balaban J connectivity index is 1.50. The highest BCUT2D eigenvalue weighted by Crippen LogP contribution is 2.40. The van der Waals surface area contributed by atoms with Crippen molar-refractivity contribution in [2.75, 3.05) is 47.1 Å². The van der Waals surface area contributed by atoms with Gasteiger partial charge >= 0.3 is 0 Å². The fraction of sp³-hybridized carbons (Fsp3) is 0.722. The van der Waals surface area contributed by atoms with Crippen LogP contribution in [0.4, 0.5) is 0 Å². The number of pyridine rings is 1. The van der Waals surface area contributed by atoms with Gasteiger partial charge in [0.2, 0.25) is 5.88 Å². The molecule has 7 heteroatoms. The highest BCUT2D eigenvalue weighted by atomic mass is 32.2. The highest BCUT2D eigenvalue weighted by molar-refractivity contribution is 7.97. The lowest BCUT2D eigenvalue weighted by molar-refractivity contribution is -0.0300. The lowest BCUT2D eigenvalue weighted by Gasteiger charge is -2.38. The molecule has 25 heavy (non-hydrogen) atoms. The minimum atomic E-state index is 0.0523. The van der Waals surface area contributed by atoms with Crippen molar-refractivity contribution in [1.82, 2.24) is 14.6 Å². The number of methoxy groups -OCH3 is 2. The Morgan fingerprint density at radius 3 is 2.92 bits per heavy atom. The summed E-state index contributed by atoms with van der Waals surface area (Å²) in [4.78, 5) is 5.45. The van der Waals surface area contributed by atoms with Gasteiger partial charge in [-0.05, 0) is 49.8 Å². The fourth-order valence-corrected chi connectivity index (χ4v) is 4.66. The van der Waals surface area contributed by atoms with E-state index >= 15 is 0 Å². The first-order valence-electron chi connectivity index (χ1n) is 8.94. The number of aromatic nitrogens is 1. The van der Waals surface area contributed by atoms with Gasteiger partial charge in [-0.15, -0.1) is 0 Å². The average molecular weight is 368 g/mol. The summed E-state index contributed by atoms with van der Waals surface area (Å²) in [5.74, 6) is 0.704. The molecule has 0 saturated carbocycles. The maximum atomic E-state index is 6.21. The Bertz CT molecular complexity index is 564. The summed E-state index contributed by atoms with van der Waals surface area (Å²) in [6, 6.07) is 2.60. The lowest BCUT2D eigenvalue weighted by Crippen LogP contribution is -2.42. The van der Waals surface area contributed by atoms with Crippen LogP contribution in [0, 0.1) is 6.92 Å². The molecular weight excluding hydrogens is 338 g/mol. The minimum Gasteiger partial charge on any atom is -0.480 e. The topological polar surface area (TPSA) is 55.8 Å². The molecule has 2 saturated heterocycles. The summed E-state index contributed by atoms with van der Waals surface area (Å²) >= 11 is 1.75. The molecular formula is C18H29N3O3S. The number of nitrogens with zero attached hydrogens (tertiary/aromatic N) is 2. The monoisotopic (exact) mass is 367 g/mol. The molecule has 3 rings (SSSR count). The third-order valence-corrected chi connectivity index (χ3v) is 6.07. The van der Waals surface area contributed by atoms with Gasteiger partial charge in [0, 0.05) is 39.0 Å². The van der Waals surface area contributed by atoms with Crippen LogP contribution in [-0.4, -0.2) is 68.0 Å². The maximum Gasteiger partial charge on any atom is 0.228 e. The second kappa shape index (κ2) is 8.68. The summed E-state index contributed by atoms with van der Waals surface area (Å²) in [5.41, 5.74) is 1.21. The predicted molar refractivity (Wildman–Crippen MR) is 99.2 cm³/mol. The van der Waals surface area contributed by atoms with Crippen LogP contribution >= 0.6 is 11.9 Å². The zero-order valence-electron chi connectivity index (χ0n) is 15.4. The molecule has 1 atom stereocenters. The number of ether oxygens (including phenoxy) is 3. The Labute approximate surface area is 154 Å². The number of hydrogen-bond donors (Lipinski definition) is 1. The van der Waals surface area contributed by atoms with Crippen molar-refractivity contribution < 1.29 is 14.2 Å². The first-order chi connectivity index (χ1) is 12.1. The fourth-order valence-electron chi connectivity index (χ4n) is 3.56. The van der Waals surface area contributed by atoms with Crippen LogP contribution in [0.25, 0.3) is 0 Å².